The molecule has 3 aromatic heterocycles. The molecule has 76 heavy (non-hydrogen) atoms. The molecule has 2 saturated heterocycles. The molecule has 9 rings (SSSR count). The first-order valence-corrected chi connectivity index (χ1v) is 27.5. The van der Waals surface area contributed by atoms with Crippen LogP contribution in [0.1, 0.15) is 115 Å². The van der Waals surface area contributed by atoms with E-state index in [9.17, 15) is 19.2 Å². The summed E-state index contributed by atoms with van der Waals surface area (Å²) in [7, 11) is 3.03. The molecular formula is C55H71F4N9O7S. The van der Waals surface area contributed by atoms with Crippen LogP contribution >= 0.6 is 11.3 Å². The van der Waals surface area contributed by atoms with Gasteiger partial charge in [0.2, 0.25) is 5.91 Å². The first-order chi connectivity index (χ1) is 36.0. The van der Waals surface area contributed by atoms with E-state index in [1.54, 1.807) is 43.8 Å². The second kappa shape index (κ2) is 22.0. The van der Waals surface area contributed by atoms with Crippen molar-refractivity contribution in [3.8, 4) is 22.5 Å². The maximum Gasteiger partial charge on any atom is 0.410 e. The fourth-order valence-corrected chi connectivity index (χ4v) is 12.2. The standard InChI is InChI=1S/C55H71F4N9O7S/c1-32(73-8)47-38(22-35(27-60-47)66-20-18-65(19-21-66)34-15-16-34)49-39(26-55(57,58)59)36-23-40(56)37-24-44(36)67(49)30-54(5,6)31-74-45(28-69)41-14-11-17-68(63-41)51(71)42(25-46-61-43(37)29-76-46)62-50(70)48(33-12-9-10-13-33)64(7)52(72)75-53(2,3)4/h22-24,27,29,32-34,41-42,48,63H,9-21,25-26,30-31H2,1-8H3,(H,62,70)/t32-,41-,42-,48-/m0/s1. The van der Waals surface area contributed by atoms with E-state index in [4.69, 9.17) is 24.2 Å². The third-order valence-electron chi connectivity index (χ3n) is 15.4. The SMILES string of the molecule is CO[C@@H](C)c1ncc(N2CCN(C3CC3)CC2)cc1-c1c(CC(F)(F)F)c2cc(F)c3cc2n1CC(C)(C)COC(=C=O)[C@@H]1CCCN(N1)C(=O)[C@@H](NC(=O)[C@H](C1CCCC1)N(C)C(=O)OC(C)(C)C)Cc1nc-3cs1. The first-order valence-electron chi connectivity index (χ1n) is 26.6. The van der Waals surface area contributed by atoms with E-state index in [2.05, 4.69) is 20.5 Å². The molecular weight excluding hydrogens is 1010 g/mol. The Kier molecular flexibility index (Phi) is 16.0. The summed E-state index contributed by atoms with van der Waals surface area (Å²) in [6.07, 6.45) is 0.440. The molecule has 412 valence electrons. The number of piperazine rings is 1. The molecule has 6 bridgehead atoms. The van der Waals surface area contributed by atoms with Crippen molar-refractivity contribution in [2.24, 2.45) is 11.3 Å². The number of amides is 3. The van der Waals surface area contributed by atoms with Crippen LogP contribution in [0.25, 0.3) is 33.4 Å². The van der Waals surface area contributed by atoms with Gasteiger partial charge in [0.05, 0.1) is 59.1 Å². The van der Waals surface area contributed by atoms with Crippen LogP contribution in [0.5, 0.6) is 0 Å². The lowest BCUT2D eigenvalue weighted by Gasteiger charge is -2.37. The van der Waals surface area contributed by atoms with Crippen LogP contribution in [0.4, 0.5) is 28.0 Å². The predicted octanol–water partition coefficient (Wildman–Crippen LogP) is 8.78. The van der Waals surface area contributed by atoms with Crippen LogP contribution in [0.2, 0.25) is 0 Å². The van der Waals surface area contributed by atoms with E-state index in [1.165, 1.54) is 43.0 Å². The van der Waals surface area contributed by atoms with Crippen molar-refractivity contribution in [2.45, 2.75) is 154 Å². The lowest BCUT2D eigenvalue weighted by Crippen LogP contribution is -2.61. The molecule has 6 heterocycles. The second-order valence-corrected chi connectivity index (χ2v) is 24.0. The number of thiazole rings is 1. The van der Waals surface area contributed by atoms with Gasteiger partial charge in [0, 0.05) is 98.7 Å². The van der Waals surface area contributed by atoms with Gasteiger partial charge in [0.1, 0.15) is 23.5 Å². The van der Waals surface area contributed by atoms with E-state index < -0.39 is 71.6 Å². The van der Waals surface area contributed by atoms with Gasteiger partial charge in [-0.05, 0) is 95.9 Å². The maximum atomic E-state index is 17.1. The van der Waals surface area contributed by atoms with Gasteiger partial charge in [-0.3, -0.25) is 29.4 Å². The number of rotatable bonds is 10. The Morgan fingerprint density at radius 1 is 1.03 bits per heavy atom. The number of ether oxygens (including phenoxy) is 3. The smallest absolute Gasteiger partial charge is 0.410 e. The summed E-state index contributed by atoms with van der Waals surface area (Å²) in [5.74, 6) is -0.281. The van der Waals surface area contributed by atoms with Crippen LogP contribution < -0.4 is 15.6 Å². The Bertz CT molecular complexity index is 2860. The van der Waals surface area contributed by atoms with Gasteiger partial charge in [-0.25, -0.2) is 24.4 Å². The van der Waals surface area contributed by atoms with E-state index in [-0.39, 0.29) is 65.7 Å². The van der Waals surface area contributed by atoms with Crippen LogP contribution in [0.3, 0.4) is 0 Å². The first kappa shape index (κ1) is 55.2. The molecule has 4 aromatic rings. The Morgan fingerprint density at radius 3 is 2.41 bits per heavy atom. The lowest BCUT2D eigenvalue weighted by molar-refractivity contribution is -0.142. The minimum atomic E-state index is -4.72. The molecule has 2 saturated carbocycles. The number of hydrazine groups is 1. The fraction of sp³-hybridized carbons (Fsp3) is 0.618. The van der Waals surface area contributed by atoms with Crippen molar-refractivity contribution in [3.63, 3.8) is 0 Å². The molecule has 3 aliphatic heterocycles. The van der Waals surface area contributed by atoms with Gasteiger partial charge >= 0.3 is 12.3 Å². The second-order valence-electron chi connectivity index (χ2n) is 23.0. The molecule has 2 N–H and O–H groups in total. The zero-order valence-corrected chi connectivity index (χ0v) is 45.6. The summed E-state index contributed by atoms with van der Waals surface area (Å²) in [5, 5.41) is 6.36. The highest BCUT2D eigenvalue weighted by Gasteiger charge is 2.42. The molecule has 16 nitrogen and oxygen atoms in total. The van der Waals surface area contributed by atoms with Gasteiger partial charge in [0.15, 0.2) is 11.7 Å². The zero-order chi connectivity index (χ0) is 54.4. The number of carbonyl (C=O) groups excluding carboxylic acids is 4. The third-order valence-corrected chi connectivity index (χ3v) is 16.3. The normalized spacial score (nSPS) is 21.9. The quantitative estimate of drug-likeness (QED) is 0.115. The highest BCUT2D eigenvalue weighted by atomic mass is 32.1. The summed E-state index contributed by atoms with van der Waals surface area (Å²) in [6.45, 7) is 14.0. The number of pyridine rings is 1. The number of likely N-dealkylation sites (N-methyl/N-ethyl adjacent to an activating group) is 1. The Labute approximate surface area is 445 Å². The van der Waals surface area contributed by atoms with Gasteiger partial charge in [-0.15, -0.1) is 11.3 Å². The van der Waals surface area contributed by atoms with Crippen LogP contribution in [0.15, 0.2) is 35.5 Å². The number of carbonyl (C=O) groups is 3. The zero-order valence-electron chi connectivity index (χ0n) is 44.8. The molecule has 0 radical (unpaired) electrons. The number of halogens is 4. The molecule has 4 atom stereocenters. The molecule has 5 aliphatic rings. The number of nitrogens with one attached hydrogen (secondary N) is 2. The Morgan fingerprint density at radius 2 is 1.75 bits per heavy atom. The largest absolute Gasteiger partial charge is 0.484 e. The highest BCUT2D eigenvalue weighted by molar-refractivity contribution is 7.10. The third kappa shape index (κ3) is 12.2. The van der Waals surface area contributed by atoms with Gasteiger partial charge in [0.25, 0.3) is 5.91 Å². The number of aromatic nitrogens is 3. The summed E-state index contributed by atoms with van der Waals surface area (Å²) < 4.78 is 82.2. The number of hydrogen-bond donors (Lipinski definition) is 2. The molecule has 4 fully saturated rings. The van der Waals surface area contributed by atoms with Crippen molar-refractivity contribution >= 4 is 51.8 Å². The van der Waals surface area contributed by atoms with E-state index >= 15 is 17.6 Å². The molecule has 21 heteroatoms. The van der Waals surface area contributed by atoms with E-state index in [1.807, 2.05) is 25.9 Å². The predicted molar refractivity (Wildman–Crippen MR) is 280 cm³/mol. The maximum absolute atomic E-state index is 17.1. The number of nitrogens with zero attached hydrogens (tertiary/aromatic N) is 7. The van der Waals surface area contributed by atoms with Crippen LogP contribution in [-0.4, -0.2) is 143 Å². The average molecular weight is 1080 g/mol. The number of anilines is 1. The van der Waals surface area contributed by atoms with E-state index in [0.29, 0.717) is 66.6 Å². The van der Waals surface area contributed by atoms with Crippen LogP contribution in [0, 0.1) is 17.2 Å². The van der Waals surface area contributed by atoms with Crippen molar-refractivity contribution in [3.05, 3.63) is 57.6 Å². The molecule has 2 aliphatic carbocycles. The number of fused-ring (bicyclic) bond motifs is 6. The number of hydrogen-bond acceptors (Lipinski definition) is 13. The summed E-state index contributed by atoms with van der Waals surface area (Å²) >= 11 is 1.14. The average Bonchev–Trinajstić information content (AvgIpc) is 3.80. The molecule has 0 unspecified atom stereocenters. The van der Waals surface area contributed by atoms with Crippen molar-refractivity contribution in [1.82, 2.24) is 40.1 Å². The van der Waals surface area contributed by atoms with Crippen LogP contribution in [-0.2, 0) is 48.0 Å². The number of benzene rings is 1. The van der Waals surface area contributed by atoms with Gasteiger partial charge < -0.3 is 29.0 Å². The Hall–Kier alpha value is -5.60. The lowest BCUT2D eigenvalue weighted by atomic mass is 9.93. The van der Waals surface area contributed by atoms with E-state index in [0.717, 1.165) is 49.0 Å². The topological polar surface area (TPSA) is 164 Å². The van der Waals surface area contributed by atoms with Gasteiger partial charge in [-0.2, -0.15) is 13.2 Å². The molecule has 0 spiro atoms. The number of alkyl halides is 3. The highest BCUT2D eigenvalue weighted by Crippen LogP contribution is 2.45. The van der Waals surface area contributed by atoms with Gasteiger partial charge in [-0.1, -0.05) is 26.7 Å². The summed E-state index contributed by atoms with van der Waals surface area (Å²) in [5.41, 5.74) is 3.52. The minimum absolute atomic E-state index is 0.0128. The monoisotopic (exact) mass is 1080 g/mol. The van der Waals surface area contributed by atoms with Crippen molar-refractivity contribution < 1.29 is 51.0 Å². The molecule has 3 amide bonds. The fourth-order valence-electron chi connectivity index (χ4n) is 11.4. The van der Waals surface area contributed by atoms with Crippen molar-refractivity contribution in [1.29, 1.82) is 0 Å². The van der Waals surface area contributed by atoms with Crippen molar-refractivity contribution in [2.75, 3.05) is 58.4 Å². The molecule has 1 aromatic carbocycles. The summed E-state index contributed by atoms with van der Waals surface area (Å²) in [6, 6.07) is 2.10. The summed E-state index contributed by atoms with van der Waals surface area (Å²) in [4.78, 5) is 71.6. The minimum Gasteiger partial charge on any atom is -0.484 e. The Balaban J connectivity index is 1.17. The number of methoxy groups -OCH3 is 1.